The molecular weight excluding hydrogens is 356 g/mol. The van der Waals surface area contributed by atoms with Crippen LogP contribution in [0.2, 0.25) is 0 Å². The highest BCUT2D eigenvalue weighted by molar-refractivity contribution is 7.92. The molecular formula is C18H20N2O5S. The molecule has 2 rings (SSSR count). The molecule has 0 unspecified atom stereocenters. The Kier molecular flexibility index (Phi) is 6.35. The van der Waals surface area contributed by atoms with Crippen molar-refractivity contribution < 1.29 is 22.7 Å². The van der Waals surface area contributed by atoms with Gasteiger partial charge in [0.15, 0.2) is 0 Å². The second kappa shape index (κ2) is 8.48. The average Bonchev–Trinajstić information content (AvgIpc) is 2.61. The molecule has 0 bridgehead atoms. The number of benzene rings is 2. The summed E-state index contributed by atoms with van der Waals surface area (Å²) in [5, 5.41) is 2.70. The van der Waals surface area contributed by atoms with Crippen LogP contribution in [0.15, 0.2) is 54.6 Å². The Labute approximate surface area is 152 Å². The predicted octanol–water partition coefficient (Wildman–Crippen LogP) is 2.27. The van der Waals surface area contributed by atoms with Gasteiger partial charge in [0, 0.05) is 18.7 Å². The summed E-state index contributed by atoms with van der Waals surface area (Å²) in [5.74, 6) is -0.879. The number of carbonyl (C=O) groups is 2. The van der Waals surface area contributed by atoms with Gasteiger partial charge in [-0.3, -0.25) is 9.10 Å². The summed E-state index contributed by atoms with van der Waals surface area (Å²) >= 11 is 0. The second-order valence-electron chi connectivity index (χ2n) is 5.54. The molecule has 0 saturated carbocycles. The van der Waals surface area contributed by atoms with Crippen molar-refractivity contribution in [2.45, 2.75) is 6.42 Å². The number of rotatable bonds is 7. The number of hydrogen-bond donors (Lipinski definition) is 1. The number of para-hydroxylation sites is 1. The molecule has 0 aromatic heterocycles. The van der Waals surface area contributed by atoms with E-state index in [1.165, 1.54) is 19.2 Å². The molecule has 0 radical (unpaired) electrons. The monoisotopic (exact) mass is 376 g/mol. The molecule has 0 aliphatic carbocycles. The summed E-state index contributed by atoms with van der Waals surface area (Å²) in [4.78, 5) is 23.7. The summed E-state index contributed by atoms with van der Waals surface area (Å²) in [6.45, 7) is -0.0534. The van der Waals surface area contributed by atoms with Crippen molar-refractivity contribution in [1.29, 1.82) is 0 Å². The SMILES string of the molecule is COC(=O)c1cccc(N(CCC(=O)Nc2ccccc2)S(C)(=O)=O)c1. The second-order valence-corrected chi connectivity index (χ2v) is 7.45. The number of nitrogens with one attached hydrogen (secondary N) is 1. The summed E-state index contributed by atoms with van der Waals surface area (Å²) in [7, 11) is -2.39. The Morgan fingerprint density at radius 2 is 1.77 bits per heavy atom. The maximum Gasteiger partial charge on any atom is 0.337 e. The Morgan fingerprint density at radius 1 is 1.08 bits per heavy atom. The van der Waals surface area contributed by atoms with E-state index in [1.807, 2.05) is 6.07 Å². The number of sulfonamides is 1. The van der Waals surface area contributed by atoms with Gasteiger partial charge in [0.2, 0.25) is 15.9 Å². The van der Waals surface area contributed by atoms with Gasteiger partial charge in [0.25, 0.3) is 0 Å². The maximum atomic E-state index is 12.1. The highest BCUT2D eigenvalue weighted by Crippen LogP contribution is 2.20. The third-order valence-corrected chi connectivity index (χ3v) is 4.75. The minimum absolute atomic E-state index is 0.0373. The van der Waals surface area contributed by atoms with E-state index in [0.717, 1.165) is 10.6 Å². The van der Waals surface area contributed by atoms with Gasteiger partial charge >= 0.3 is 5.97 Å². The lowest BCUT2D eigenvalue weighted by Crippen LogP contribution is -2.33. The molecule has 0 spiro atoms. The zero-order chi connectivity index (χ0) is 19.2. The first-order valence-electron chi connectivity index (χ1n) is 7.82. The lowest BCUT2D eigenvalue weighted by Gasteiger charge is -2.22. The van der Waals surface area contributed by atoms with Crippen LogP contribution in [-0.4, -0.2) is 40.2 Å². The number of esters is 1. The predicted molar refractivity (Wildman–Crippen MR) is 99.7 cm³/mol. The standard InChI is InChI=1S/C18H20N2O5S/c1-25-18(22)14-7-6-10-16(13-14)20(26(2,23)24)12-11-17(21)19-15-8-4-3-5-9-15/h3-10,13H,11-12H2,1-2H3,(H,19,21). The van der Waals surface area contributed by atoms with Gasteiger partial charge in [-0.15, -0.1) is 0 Å². The topological polar surface area (TPSA) is 92.8 Å². The van der Waals surface area contributed by atoms with Crippen LogP contribution < -0.4 is 9.62 Å². The molecule has 26 heavy (non-hydrogen) atoms. The summed E-state index contributed by atoms with van der Waals surface area (Å²) in [5.41, 5.74) is 1.16. The summed E-state index contributed by atoms with van der Waals surface area (Å²) < 4.78 is 30.0. The molecule has 7 nitrogen and oxygen atoms in total. The average molecular weight is 376 g/mol. The van der Waals surface area contributed by atoms with Crippen LogP contribution in [0.5, 0.6) is 0 Å². The Balaban J connectivity index is 2.14. The number of ether oxygens (including phenoxy) is 1. The van der Waals surface area contributed by atoms with E-state index in [4.69, 9.17) is 0 Å². The van der Waals surface area contributed by atoms with E-state index in [1.54, 1.807) is 36.4 Å². The van der Waals surface area contributed by atoms with Gasteiger partial charge in [-0.25, -0.2) is 13.2 Å². The number of carbonyl (C=O) groups excluding carboxylic acids is 2. The van der Waals surface area contributed by atoms with Crippen molar-refractivity contribution in [2.75, 3.05) is 29.5 Å². The molecule has 0 saturated heterocycles. The van der Waals surface area contributed by atoms with Crippen LogP contribution in [0.1, 0.15) is 16.8 Å². The van der Waals surface area contributed by atoms with Crippen LogP contribution in [-0.2, 0) is 19.6 Å². The Morgan fingerprint density at radius 3 is 2.38 bits per heavy atom. The fraction of sp³-hybridized carbons (Fsp3) is 0.222. The van der Waals surface area contributed by atoms with Crippen LogP contribution in [0.3, 0.4) is 0 Å². The van der Waals surface area contributed by atoms with Crippen LogP contribution >= 0.6 is 0 Å². The first-order valence-corrected chi connectivity index (χ1v) is 9.67. The number of amides is 1. The summed E-state index contributed by atoms with van der Waals surface area (Å²) in [6.07, 6.45) is 1.01. The van der Waals surface area contributed by atoms with Gasteiger partial charge in [-0.2, -0.15) is 0 Å². The van der Waals surface area contributed by atoms with Crippen molar-refractivity contribution >= 4 is 33.3 Å². The van der Waals surface area contributed by atoms with Crippen molar-refractivity contribution in [3.05, 3.63) is 60.2 Å². The molecule has 1 N–H and O–H groups in total. The molecule has 0 aliphatic heterocycles. The Bertz CT molecular complexity index is 881. The van der Waals surface area contributed by atoms with Gasteiger partial charge in [-0.1, -0.05) is 24.3 Å². The van der Waals surface area contributed by atoms with Crippen molar-refractivity contribution in [3.63, 3.8) is 0 Å². The fourth-order valence-corrected chi connectivity index (χ4v) is 3.26. The molecule has 0 fully saturated rings. The first-order chi connectivity index (χ1) is 12.3. The van der Waals surface area contributed by atoms with E-state index in [0.29, 0.717) is 11.4 Å². The summed E-state index contributed by atoms with van der Waals surface area (Å²) in [6, 6.07) is 15.0. The minimum Gasteiger partial charge on any atom is -0.465 e. The molecule has 0 heterocycles. The molecule has 2 aromatic rings. The fourth-order valence-electron chi connectivity index (χ4n) is 2.34. The highest BCUT2D eigenvalue weighted by atomic mass is 32.2. The third kappa shape index (κ3) is 5.32. The zero-order valence-electron chi connectivity index (χ0n) is 14.5. The van der Waals surface area contributed by atoms with Crippen molar-refractivity contribution in [2.24, 2.45) is 0 Å². The quantitative estimate of drug-likeness (QED) is 0.748. The zero-order valence-corrected chi connectivity index (χ0v) is 15.3. The largest absolute Gasteiger partial charge is 0.465 e. The van der Waals surface area contributed by atoms with Crippen molar-refractivity contribution in [3.8, 4) is 0 Å². The van der Waals surface area contributed by atoms with E-state index >= 15 is 0 Å². The van der Waals surface area contributed by atoms with Crippen LogP contribution in [0.4, 0.5) is 11.4 Å². The number of hydrogen-bond acceptors (Lipinski definition) is 5. The molecule has 0 atom stereocenters. The van der Waals surface area contributed by atoms with Crippen LogP contribution in [0, 0.1) is 0 Å². The number of nitrogens with zero attached hydrogens (tertiary/aromatic N) is 1. The van der Waals surface area contributed by atoms with Gasteiger partial charge < -0.3 is 10.1 Å². The lowest BCUT2D eigenvalue weighted by molar-refractivity contribution is -0.116. The van der Waals surface area contributed by atoms with E-state index in [-0.39, 0.29) is 24.4 Å². The molecule has 0 aliphatic rings. The normalized spacial score (nSPS) is 10.8. The smallest absolute Gasteiger partial charge is 0.337 e. The molecule has 1 amide bonds. The Hall–Kier alpha value is -2.87. The number of anilines is 2. The maximum absolute atomic E-state index is 12.1. The van der Waals surface area contributed by atoms with Gasteiger partial charge in [-0.05, 0) is 30.3 Å². The van der Waals surface area contributed by atoms with Gasteiger partial charge in [0.05, 0.1) is 24.6 Å². The lowest BCUT2D eigenvalue weighted by atomic mass is 10.2. The molecule has 138 valence electrons. The minimum atomic E-state index is -3.63. The van der Waals surface area contributed by atoms with Crippen LogP contribution in [0.25, 0.3) is 0 Å². The molecule has 2 aromatic carbocycles. The van der Waals surface area contributed by atoms with E-state index in [2.05, 4.69) is 10.1 Å². The first kappa shape index (κ1) is 19.5. The van der Waals surface area contributed by atoms with Crippen molar-refractivity contribution in [1.82, 2.24) is 0 Å². The van der Waals surface area contributed by atoms with Gasteiger partial charge in [0.1, 0.15) is 0 Å². The third-order valence-electron chi connectivity index (χ3n) is 3.56. The molecule has 8 heteroatoms. The van der Waals surface area contributed by atoms with E-state index in [9.17, 15) is 18.0 Å². The van der Waals surface area contributed by atoms with E-state index < -0.39 is 16.0 Å². The highest BCUT2D eigenvalue weighted by Gasteiger charge is 2.20. The number of methoxy groups -OCH3 is 1.